The van der Waals surface area contributed by atoms with Crippen LogP contribution in [0.15, 0.2) is 128 Å². The first-order valence-corrected chi connectivity index (χ1v) is 21.5. The van der Waals surface area contributed by atoms with Crippen molar-refractivity contribution in [3.63, 3.8) is 0 Å². The van der Waals surface area contributed by atoms with E-state index in [2.05, 4.69) is 73.7 Å². The molecule has 2 N–H and O–H groups in total. The number of rotatable bonds is 4. The molecule has 1 aliphatic heterocycles. The van der Waals surface area contributed by atoms with E-state index >= 15 is 0 Å². The Bertz CT molecular complexity index is 2680. The van der Waals surface area contributed by atoms with Crippen molar-refractivity contribution in [1.29, 1.82) is 0 Å². The molecule has 0 saturated heterocycles. The number of hydrogen-bond acceptors (Lipinski definition) is 10. The number of fused-ring (bicyclic) bond motifs is 3. The molecule has 0 unspecified atom stereocenters. The first kappa shape index (κ1) is 37.1. The second-order valence-electron chi connectivity index (χ2n) is 12.2. The predicted molar refractivity (Wildman–Crippen MR) is 221 cm³/mol. The van der Waals surface area contributed by atoms with E-state index in [4.69, 9.17) is 13.0 Å². The van der Waals surface area contributed by atoms with E-state index in [1.165, 1.54) is 6.07 Å². The lowest BCUT2D eigenvalue weighted by atomic mass is 9.77. The lowest BCUT2D eigenvalue weighted by Gasteiger charge is -2.33. The van der Waals surface area contributed by atoms with Gasteiger partial charge in [0, 0.05) is 5.56 Å². The van der Waals surface area contributed by atoms with Gasteiger partial charge in [0.25, 0.3) is 10.1 Å². The molecular formula is C39H24Br4N2O7S2. The van der Waals surface area contributed by atoms with Crippen molar-refractivity contribution in [1.82, 2.24) is 9.97 Å². The zero-order chi connectivity index (χ0) is 38.1. The molecule has 0 aliphatic carbocycles. The van der Waals surface area contributed by atoms with Crippen LogP contribution >= 0.6 is 75.1 Å². The van der Waals surface area contributed by atoms with Crippen molar-refractivity contribution in [2.24, 2.45) is 0 Å². The molecule has 8 aromatic rings. The first-order valence-electron chi connectivity index (χ1n) is 16.0. The van der Waals surface area contributed by atoms with Crippen LogP contribution in [0.4, 0.5) is 0 Å². The van der Waals surface area contributed by atoms with Gasteiger partial charge in [0.1, 0.15) is 32.3 Å². The number of aromatic hydroxyl groups is 2. The number of para-hydroxylation sites is 4. The molecule has 0 bridgehead atoms. The number of phenols is 2. The predicted octanol–water partition coefficient (Wildman–Crippen LogP) is 12.1. The molecule has 15 heteroatoms. The number of phenolic OH excluding ortho intramolecular Hbond substituents is 2. The van der Waals surface area contributed by atoms with Crippen LogP contribution in [0.1, 0.15) is 27.8 Å². The van der Waals surface area contributed by atoms with Gasteiger partial charge >= 0.3 is 0 Å². The Balaban J connectivity index is 0.000000159. The highest BCUT2D eigenvalue weighted by Gasteiger charge is 2.53. The lowest BCUT2D eigenvalue weighted by molar-refractivity contribution is 0.178. The lowest BCUT2D eigenvalue weighted by Crippen LogP contribution is -2.32. The smallest absolute Gasteiger partial charge is 0.298 e. The van der Waals surface area contributed by atoms with E-state index in [1.54, 1.807) is 55.5 Å². The van der Waals surface area contributed by atoms with Gasteiger partial charge < -0.3 is 19.0 Å². The van der Waals surface area contributed by atoms with E-state index in [9.17, 15) is 18.6 Å². The zero-order valence-corrected chi connectivity index (χ0v) is 35.9. The van der Waals surface area contributed by atoms with Gasteiger partial charge in [-0.1, -0.05) is 42.5 Å². The molecule has 5 aromatic carbocycles. The first-order chi connectivity index (χ1) is 25.8. The van der Waals surface area contributed by atoms with Crippen LogP contribution in [-0.2, 0) is 19.9 Å². The Morgan fingerprint density at radius 1 is 0.667 bits per heavy atom. The SMILES string of the molecule is Cc1c(C2(c3cc(Br)c(O)c(Br)c3C)OS(=O)(=O)c3ccccc32)cc(Br)c(O)c1Br.c1ccc2oc(-c3ccsc3-c3nc4ccccc4o3)nc2c1. The minimum Gasteiger partial charge on any atom is -0.506 e. The van der Waals surface area contributed by atoms with E-state index in [1.807, 2.05) is 60.0 Å². The second kappa shape index (κ2) is 14.0. The number of benzene rings is 5. The minimum absolute atomic E-state index is 0.00433. The molecule has 0 saturated carbocycles. The van der Waals surface area contributed by atoms with Crippen LogP contribution in [0.3, 0.4) is 0 Å². The highest BCUT2D eigenvalue weighted by atomic mass is 79.9. The quantitative estimate of drug-likeness (QED) is 0.165. The number of aromatic nitrogens is 2. The maximum Gasteiger partial charge on any atom is 0.298 e. The molecule has 0 amide bonds. The van der Waals surface area contributed by atoms with E-state index in [0.29, 0.717) is 57.5 Å². The summed E-state index contributed by atoms with van der Waals surface area (Å²) in [5.74, 6) is 1.17. The van der Waals surface area contributed by atoms with Gasteiger partial charge in [0.05, 0.1) is 23.5 Å². The summed E-state index contributed by atoms with van der Waals surface area (Å²) >= 11 is 15.1. The van der Waals surface area contributed by atoms with E-state index < -0.39 is 15.7 Å². The van der Waals surface area contributed by atoms with Gasteiger partial charge in [0.2, 0.25) is 11.8 Å². The molecule has 9 nitrogen and oxygen atoms in total. The summed E-state index contributed by atoms with van der Waals surface area (Å²) in [6.07, 6.45) is 0. The van der Waals surface area contributed by atoms with Gasteiger partial charge in [0.15, 0.2) is 16.8 Å². The van der Waals surface area contributed by atoms with Crippen molar-refractivity contribution in [2.75, 3.05) is 0 Å². The Morgan fingerprint density at radius 3 is 1.74 bits per heavy atom. The fourth-order valence-corrected chi connectivity index (χ4v) is 11.0. The van der Waals surface area contributed by atoms with Gasteiger partial charge in [-0.25, -0.2) is 14.2 Å². The minimum atomic E-state index is -4.10. The Kier molecular flexibility index (Phi) is 9.64. The monoisotopic (exact) mass is 1010 g/mol. The van der Waals surface area contributed by atoms with Crippen LogP contribution in [0.2, 0.25) is 0 Å². The number of thiophene rings is 1. The Hall–Kier alpha value is -3.83. The third kappa shape index (κ3) is 6.04. The van der Waals surface area contributed by atoms with Crippen molar-refractivity contribution in [3.8, 4) is 33.7 Å². The van der Waals surface area contributed by atoms with Gasteiger partial charge in [-0.2, -0.15) is 8.42 Å². The van der Waals surface area contributed by atoms with Crippen LogP contribution in [0, 0.1) is 13.8 Å². The molecule has 9 rings (SSSR count). The standard InChI is InChI=1S/C21H14Br4O5S.C18H10N2O2S/c1-9-12(7-14(22)19(26)17(9)24)21(13-8-15(23)20(27)18(25)10(13)2)11-5-3-4-6-16(11)31(28,29)30-21;1-3-7-14-12(5-1)19-17(21-14)11-9-10-23-16(11)18-20-13-6-2-4-8-15(13)22-18/h3-8,26-27H,1-2H3;1-10H. The highest BCUT2D eigenvalue weighted by molar-refractivity contribution is 9.11. The molecule has 3 aromatic heterocycles. The summed E-state index contributed by atoms with van der Waals surface area (Å²) in [4.78, 5) is 10.1. The van der Waals surface area contributed by atoms with Gasteiger partial charge in [-0.05, 0) is 154 Å². The number of oxazole rings is 2. The summed E-state index contributed by atoms with van der Waals surface area (Å²) in [6, 6.07) is 27.4. The maximum atomic E-state index is 13.1. The van der Waals surface area contributed by atoms with E-state index in [0.717, 1.165) is 32.6 Å². The summed E-state index contributed by atoms with van der Waals surface area (Å²) in [6.45, 7) is 3.54. The topological polar surface area (TPSA) is 136 Å². The van der Waals surface area contributed by atoms with Crippen LogP contribution in [-0.4, -0.2) is 28.6 Å². The Morgan fingerprint density at radius 2 is 1.17 bits per heavy atom. The maximum absolute atomic E-state index is 13.1. The second-order valence-corrected chi connectivity index (χ2v) is 18.0. The third-order valence-corrected chi connectivity index (χ3v) is 14.5. The van der Waals surface area contributed by atoms with Crippen LogP contribution in [0.5, 0.6) is 11.5 Å². The largest absolute Gasteiger partial charge is 0.506 e. The van der Waals surface area contributed by atoms with Crippen molar-refractivity contribution in [3.05, 3.63) is 142 Å². The molecule has 0 spiro atoms. The Labute approximate surface area is 346 Å². The summed E-state index contributed by atoms with van der Waals surface area (Å²) in [5.41, 5.74) is 5.28. The van der Waals surface area contributed by atoms with Gasteiger partial charge in [-0.15, -0.1) is 11.3 Å². The number of halogens is 4. The molecule has 0 radical (unpaired) electrons. The molecule has 4 heterocycles. The third-order valence-electron chi connectivity index (χ3n) is 9.08. The van der Waals surface area contributed by atoms with Gasteiger partial charge in [-0.3, -0.25) is 0 Å². The molecular weight excluding hydrogens is 992 g/mol. The van der Waals surface area contributed by atoms with Crippen molar-refractivity contribution < 1.29 is 31.6 Å². The average Bonchev–Trinajstić information content (AvgIpc) is 3.97. The summed E-state index contributed by atoms with van der Waals surface area (Å²) in [5, 5.41) is 22.8. The van der Waals surface area contributed by atoms with E-state index in [-0.39, 0.29) is 16.4 Å². The molecule has 1 aliphatic rings. The zero-order valence-electron chi connectivity index (χ0n) is 27.9. The van der Waals surface area contributed by atoms with Crippen molar-refractivity contribution >= 4 is 107 Å². The molecule has 0 atom stereocenters. The summed E-state index contributed by atoms with van der Waals surface area (Å²) in [7, 11) is -4.10. The van der Waals surface area contributed by atoms with Crippen LogP contribution in [0.25, 0.3) is 44.4 Å². The molecule has 272 valence electrons. The average molecular weight is 1020 g/mol. The molecule has 0 fully saturated rings. The fraction of sp³-hybridized carbons (Fsp3) is 0.0769. The molecule has 54 heavy (non-hydrogen) atoms. The normalized spacial score (nSPS) is 14.3. The van der Waals surface area contributed by atoms with Crippen molar-refractivity contribution in [2.45, 2.75) is 24.3 Å². The number of hydrogen-bond donors (Lipinski definition) is 2. The van der Waals surface area contributed by atoms with Crippen LogP contribution < -0.4 is 0 Å². The highest BCUT2D eigenvalue weighted by Crippen LogP contribution is 2.56. The summed E-state index contributed by atoms with van der Waals surface area (Å²) < 4.78 is 45.6. The fourth-order valence-electron chi connectivity index (χ4n) is 6.49. The number of nitrogens with zero attached hydrogens (tertiary/aromatic N) is 2.